The van der Waals surface area contributed by atoms with E-state index >= 15 is 0 Å². The van der Waals surface area contributed by atoms with Gasteiger partial charge in [0.2, 0.25) is 5.91 Å². The van der Waals surface area contributed by atoms with Gasteiger partial charge in [-0.2, -0.15) is 0 Å². The van der Waals surface area contributed by atoms with Crippen LogP contribution in [0.5, 0.6) is 0 Å². The number of esters is 1. The fourth-order valence-corrected chi connectivity index (χ4v) is 12.4. The van der Waals surface area contributed by atoms with E-state index in [1.807, 2.05) is 0 Å². The van der Waals surface area contributed by atoms with Gasteiger partial charge in [-0.15, -0.1) is 0 Å². The topological polar surface area (TPSA) is 95.9 Å². The highest BCUT2D eigenvalue weighted by Gasteiger charge is 2.20. The first-order valence-electron chi connectivity index (χ1n) is 38.6. The van der Waals surface area contributed by atoms with Crippen molar-refractivity contribution in [3.05, 3.63) is 24.3 Å². The second kappa shape index (κ2) is 73.8. The predicted octanol–water partition coefficient (Wildman–Crippen LogP) is 25.3. The second-order valence-corrected chi connectivity index (χ2v) is 26.7. The molecule has 498 valence electrons. The molecule has 0 aromatic heterocycles. The maximum Gasteiger partial charge on any atom is 0.305 e. The molecule has 0 saturated heterocycles. The standard InChI is InChI=1S/C78H151NO5/c1-3-5-7-9-11-13-15-17-19-38-42-46-50-54-58-62-66-70-76(81)75(74-80)79-77(82)71-67-63-59-55-51-47-43-40-36-34-32-30-28-26-24-22-21-23-25-27-29-31-33-35-37-41-45-49-53-57-61-65-69-73-84-78(83)72-68-64-60-56-52-48-44-39-20-18-16-14-12-10-8-6-4-2/h12,14,18,20,75-76,80-81H,3-11,13,15-17,19,21-74H2,1-2H3,(H,79,82)/b14-12-,20-18-. The molecule has 0 saturated carbocycles. The molecule has 0 aliphatic rings. The molecule has 0 aromatic rings. The molecule has 0 heterocycles. The van der Waals surface area contributed by atoms with Gasteiger partial charge in [0.15, 0.2) is 0 Å². The Labute approximate surface area is 526 Å². The highest BCUT2D eigenvalue weighted by molar-refractivity contribution is 5.76. The number of ether oxygens (including phenoxy) is 1. The summed E-state index contributed by atoms with van der Waals surface area (Å²) in [5, 5.41) is 23.4. The number of carbonyl (C=O) groups excluding carboxylic acids is 2. The minimum atomic E-state index is -0.661. The first kappa shape index (κ1) is 82.3. The lowest BCUT2D eigenvalue weighted by molar-refractivity contribution is -0.143. The average molecular weight is 1180 g/mol. The molecule has 0 rings (SSSR count). The zero-order valence-corrected chi connectivity index (χ0v) is 57.2. The van der Waals surface area contributed by atoms with E-state index < -0.39 is 12.1 Å². The smallest absolute Gasteiger partial charge is 0.305 e. The number of hydrogen-bond donors (Lipinski definition) is 3. The quantitative estimate of drug-likeness (QED) is 0.0320. The highest BCUT2D eigenvalue weighted by atomic mass is 16.5. The van der Waals surface area contributed by atoms with Gasteiger partial charge in [-0.1, -0.05) is 391 Å². The van der Waals surface area contributed by atoms with Crippen LogP contribution in [-0.4, -0.2) is 47.4 Å². The third kappa shape index (κ3) is 69.4. The van der Waals surface area contributed by atoms with Gasteiger partial charge in [-0.3, -0.25) is 9.59 Å². The van der Waals surface area contributed by atoms with Gasteiger partial charge in [0.1, 0.15) is 0 Å². The first-order valence-corrected chi connectivity index (χ1v) is 38.6. The van der Waals surface area contributed by atoms with Crippen LogP contribution >= 0.6 is 0 Å². The molecule has 0 aliphatic carbocycles. The van der Waals surface area contributed by atoms with Crippen molar-refractivity contribution >= 4 is 11.9 Å². The lowest BCUT2D eigenvalue weighted by atomic mass is 10.0. The van der Waals surface area contributed by atoms with Crippen molar-refractivity contribution in [3.63, 3.8) is 0 Å². The lowest BCUT2D eigenvalue weighted by Gasteiger charge is -2.22. The largest absolute Gasteiger partial charge is 0.466 e. The number of unbranched alkanes of at least 4 members (excludes halogenated alkanes) is 58. The van der Waals surface area contributed by atoms with Gasteiger partial charge < -0.3 is 20.3 Å². The molecule has 6 nitrogen and oxygen atoms in total. The van der Waals surface area contributed by atoms with Crippen molar-refractivity contribution in [1.82, 2.24) is 5.32 Å². The van der Waals surface area contributed by atoms with Crippen molar-refractivity contribution < 1.29 is 24.5 Å². The Morgan fingerprint density at radius 3 is 0.929 bits per heavy atom. The van der Waals surface area contributed by atoms with E-state index in [1.54, 1.807) is 0 Å². The maximum absolute atomic E-state index is 12.5. The summed E-state index contributed by atoms with van der Waals surface area (Å²) in [6.07, 6.45) is 94.0. The molecule has 1 amide bonds. The normalized spacial score (nSPS) is 12.6. The minimum Gasteiger partial charge on any atom is -0.466 e. The molecule has 2 atom stereocenters. The van der Waals surface area contributed by atoms with E-state index in [1.165, 1.54) is 353 Å². The summed E-state index contributed by atoms with van der Waals surface area (Å²) in [5.74, 6) is -0.0112. The third-order valence-corrected chi connectivity index (χ3v) is 18.3. The van der Waals surface area contributed by atoms with Crippen molar-refractivity contribution in [2.45, 2.75) is 450 Å². The summed E-state index contributed by atoms with van der Waals surface area (Å²) in [6.45, 7) is 4.97. The summed E-state index contributed by atoms with van der Waals surface area (Å²) < 4.78 is 5.51. The molecular formula is C78H151NO5. The number of carbonyl (C=O) groups is 2. The van der Waals surface area contributed by atoms with Gasteiger partial charge in [0.05, 0.1) is 25.4 Å². The van der Waals surface area contributed by atoms with Crippen molar-refractivity contribution in [3.8, 4) is 0 Å². The van der Waals surface area contributed by atoms with Gasteiger partial charge in [-0.05, 0) is 57.8 Å². The zero-order chi connectivity index (χ0) is 60.6. The Bertz CT molecular complexity index is 1320. The molecule has 0 bridgehead atoms. The molecule has 6 heteroatoms. The molecule has 84 heavy (non-hydrogen) atoms. The van der Waals surface area contributed by atoms with Crippen LogP contribution in [-0.2, 0) is 14.3 Å². The molecule has 3 N–H and O–H groups in total. The van der Waals surface area contributed by atoms with Gasteiger partial charge in [0.25, 0.3) is 0 Å². The highest BCUT2D eigenvalue weighted by Crippen LogP contribution is 2.20. The van der Waals surface area contributed by atoms with Crippen LogP contribution in [0.1, 0.15) is 438 Å². The van der Waals surface area contributed by atoms with E-state index in [2.05, 4.69) is 43.5 Å². The Balaban J connectivity index is 3.31. The summed E-state index contributed by atoms with van der Waals surface area (Å²) in [4.78, 5) is 24.6. The number of hydrogen-bond acceptors (Lipinski definition) is 5. The van der Waals surface area contributed by atoms with Gasteiger partial charge in [0, 0.05) is 12.8 Å². The lowest BCUT2D eigenvalue weighted by Crippen LogP contribution is -2.45. The van der Waals surface area contributed by atoms with Crippen LogP contribution in [0.4, 0.5) is 0 Å². The predicted molar refractivity (Wildman–Crippen MR) is 370 cm³/mol. The van der Waals surface area contributed by atoms with Crippen molar-refractivity contribution in [1.29, 1.82) is 0 Å². The summed E-state index contributed by atoms with van der Waals surface area (Å²) in [6, 6.07) is -0.538. The number of rotatable bonds is 73. The number of nitrogens with one attached hydrogen (secondary N) is 1. The molecule has 0 aliphatic heterocycles. The Kier molecular flexibility index (Phi) is 72.3. The summed E-state index contributed by atoms with van der Waals surface area (Å²) in [7, 11) is 0. The maximum atomic E-state index is 12.5. The summed E-state index contributed by atoms with van der Waals surface area (Å²) >= 11 is 0. The SMILES string of the molecule is CCCCC/C=C\C/C=C\CCCCCCCCCC(=O)OCCCCCCCCCCCCCCCCCCCCCCCCCCCCCCCCCCCC(=O)NC(CO)C(O)CCCCCCCCCCCCCCCCCCC. The van der Waals surface area contributed by atoms with E-state index in [0.29, 0.717) is 25.9 Å². The van der Waals surface area contributed by atoms with Crippen LogP contribution in [0.15, 0.2) is 24.3 Å². The molecule has 0 spiro atoms. The van der Waals surface area contributed by atoms with Crippen LogP contribution in [0, 0.1) is 0 Å². The number of amides is 1. The van der Waals surface area contributed by atoms with Crippen LogP contribution in [0.3, 0.4) is 0 Å². The molecular weight excluding hydrogens is 1030 g/mol. The van der Waals surface area contributed by atoms with E-state index in [-0.39, 0.29) is 18.5 Å². The molecule has 2 unspecified atom stereocenters. The summed E-state index contributed by atoms with van der Waals surface area (Å²) in [5.41, 5.74) is 0. The fourth-order valence-electron chi connectivity index (χ4n) is 12.4. The number of aliphatic hydroxyl groups excluding tert-OH is 2. The molecule has 0 radical (unpaired) electrons. The Morgan fingerprint density at radius 2 is 0.595 bits per heavy atom. The van der Waals surface area contributed by atoms with E-state index in [0.717, 1.165) is 51.4 Å². The fraction of sp³-hybridized carbons (Fsp3) is 0.923. The van der Waals surface area contributed by atoms with Crippen LogP contribution in [0.2, 0.25) is 0 Å². The monoisotopic (exact) mass is 1180 g/mol. The Hall–Kier alpha value is -1.66. The molecule has 0 fully saturated rings. The van der Waals surface area contributed by atoms with E-state index in [9.17, 15) is 19.8 Å². The average Bonchev–Trinajstić information content (AvgIpc) is 3.51. The van der Waals surface area contributed by atoms with E-state index in [4.69, 9.17) is 4.74 Å². The van der Waals surface area contributed by atoms with Crippen LogP contribution < -0.4 is 5.32 Å². The second-order valence-electron chi connectivity index (χ2n) is 26.7. The number of allylic oxidation sites excluding steroid dienone is 4. The van der Waals surface area contributed by atoms with Crippen molar-refractivity contribution in [2.75, 3.05) is 13.2 Å². The number of aliphatic hydroxyl groups is 2. The molecule has 0 aromatic carbocycles. The van der Waals surface area contributed by atoms with Gasteiger partial charge >= 0.3 is 5.97 Å². The van der Waals surface area contributed by atoms with Crippen LogP contribution in [0.25, 0.3) is 0 Å². The van der Waals surface area contributed by atoms with Crippen molar-refractivity contribution in [2.24, 2.45) is 0 Å². The third-order valence-electron chi connectivity index (χ3n) is 18.3. The first-order chi connectivity index (χ1) is 41.5. The van der Waals surface area contributed by atoms with Gasteiger partial charge in [-0.25, -0.2) is 0 Å². The Morgan fingerprint density at radius 1 is 0.333 bits per heavy atom. The zero-order valence-electron chi connectivity index (χ0n) is 57.2. The minimum absolute atomic E-state index is 0.0148.